The second-order valence-corrected chi connectivity index (χ2v) is 6.42. The van der Waals surface area contributed by atoms with Crippen molar-refractivity contribution in [1.29, 1.82) is 0 Å². The SMILES string of the molecule is O=C1c2ccc([N+](=O)[O-])cc2S(=O)(=O)N1CCCCCl. The first-order valence-electron chi connectivity index (χ1n) is 5.81. The minimum absolute atomic E-state index is 0.0242. The van der Waals surface area contributed by atoms with Gasteiger partial charge < -0.3 is 0 Å². The molecule has 1 heterocycles. The van der Waals surface area contributed by atoms with Gasteiger partial charge in [-0.3, -0.25) is 14.9 Å². The smallest absolute Gasteiger partial charge is 0.268 e. The van der Waals surface area contributed by atoms with Gasteiger partial charge in [-0.1, -0.05) is 0 Å². The highest BCUT2D eigenvalue weighted by Crippen LogP contribution is 2.33. The van der Waals surface area contributed by atoms with E-state index in [1.807, 2.05) is 0 Å². The molecule has 2 rings (SSSR count). The molecule has 108 valence electrons. The molecule has 9 heteroatoms. The van der Waals surface area contributed by atoms with Gasteiger partial charge in [0.25, 0.3) is 21.6 Å². The molecule has 0 unspecified atom stereocenters. The molecule has 0 bridgehead atoms. The number of hydrogen-bond donors (Lipinski definition) is 0. The molecule has 0 atom stereocenters. The van der Waals surface area contributed by atoms with Crippen molar-refractivity contribution < 1.29 is 18.1 Å². The third kappa shape index (κ3) is 2.36. The number of amides is 1. The lowest BCUT2D eigenvalue weighted by Gasteiger charge is -2.14. The Morgan fingerprint density at radius 2 is 2.00 bits per heavy atom. The molecule has 0 saturated carbocycles. The van der Waals surface area contributed by atoms with Gasteiger partial charge in [0.1, 0.15) is 4.90 Å². The van der Waals surface area contributed by atoms with Crippen molar-refractivity contribution in [2.75, 3.05) is 12.4 Å². The van der Waals surface area contributed by atoms with Crippen molar-refractivity contribution in [3.8, 4) is 0 Å². The Kier molecular flexibility index (Phi) is 3.96. The van der Waals surface area contributed by atoms with Gasteiger partial charge in [0.15, 0.2) is 0 Å². The third-order valence-corrected chi connectivity index (χ3v) is 5.04. The fourth-order valence-corrected chi connectivity index (χ4v) is 3.76. The number of benzene rings is 1. The first-order valence-corrected chi connectivity index (χ1v) is 7.78. The monoisotopic (exact) mass is 318 g/mol. The molecule has 1 aromatic carbocycles. The third-order valence-electron chi connectivity index (χ3n) is 2.95. The average Bonchev–Trinajstić information content (AvgIpc) is 2.59. The number of carbonyl (C=O) groups excluding carboxylic acids is 1. The van der Waals surface area contributed by atoms with Crippen molar-refractivity contribution in [1.82, 2.24) is 4.31 Å². The number of non-ortho nitro benzene ring substituents is 1. The molecular weight excluding hydrogens is 308 g/mol. The highest BCUT2D eigenvalue weighted by atomic mass is 35.5. The van der Waals surface area contributed by atoms with Gasteiger partial charge in [-0.25, -0.2) is 12.7 Å². The number of halogens is 1. The van der Waals surface area contributed by atoms with Crippen molar-refractivity contribution >= 4 is 33.2 Å². The molecule has 7 nitrogen and oxygen atoms in total. The molecule has 1 amide bonds. The van der Waals surface area contributed by atoms with Gasteiger partial charge in [-0.15, -0.1) is 11.6 Å². The molecule has 0 N–H and O–H groups in total. The number of hydrogen-bond acceptors (Lipinski definition) is 5. The zero-order chi connectivity index (χ0) is 14.9. The zero-order valence-corrected chi connectivity index (χ0v) is 11.9. The van der Waals surface area contributed by atoms with Crippen LogP contribution in [0, 0.1) is 10.1 Å². The van der Waals surface area contributed by atoms with Crippen molar-refractivity contribution in [3.05, 3.63) is 33.9 Å². The Morgan fingerprint density at radius 3 is 2.60 bits per heavy atom. The molecule has 0 spiro atoms. The number of alkyl halides is 1. The van der Waals surface area contributed by atoms with Crippen LogP contribution in [0.25, 0.3) is 0 Å². The molecule has 1 aliphatic heterocycles. The largest absolute Gasteiger partial charge is 0.270 e. The molecule has 0 fully saturated rings. The zero-order valence-electron chi connectivity index (χ0n) is 10.3. The van der Waals surface area contributed by atoms with Gasteiger partial charge in [0, 0.05) is 24.6 Å². The molecule has 0 aliphatic carbocycles. The van der Waals surface area contributed by atoms with Crippen LogP contribution in [0.4, 0.5) is 5.69 Å². The summed E-state index contributed by atoms with van der Waals surface area (Å²) in [4.78, 5) is 21.7. The fraction of sp³-hybridized carbons (Fsp3) is 0.364. The normalized spacial score (nSPS) is 16.2. The minimum atomic E-state index is -4.00. The Labute approximate surface area is 120 Å². The lowest BCUT2D eigenvalue weighted by Crippen LogP contribution is -2.31. The van der Waals surface area contributed by atoms with E-state index in [-0.39, 0.29) is 22.7 Å². The summed E-state index contributed by atoms with van der Waals surface area (Å²) in [7, 11) is -4.00. The van der Waals surface area contributed by atoms with Crippen LogP contribution < -0.4 is 0 Å². The van der Waals surface area contributed by atoms with Crippen LogP contribution in [0.15, 0.2) is 23.1 Å². The van der Waals surface area contributed by atoms with E-state index < -0.39 is 20.9 Å². The second kappa shape index (κ2) is 5.37. The van der Waals surface area contributed by atoms with Crippen LogP contribution in [0.2, 0.25) is 0 Å². The average molecular weight is 319 g/mol. The number of nitro groups is 1. The number of sulfonamides is 1. The van der Waals surface area contributed by atoms with Gasteiger partial charge in [-0.05, 0) is 18.9 Å². The summed E-state index contributed by atoms with van der Waals surface area (Å²) >= 11 is 5.51. The summed E-state index contributed by atoms with van der Waals surface area (Å²) in [6.07, 6.45) is 1.03. The van der Waals surface area contributed by atoms with Gasteiger partial charge in [0.05, 0.1) is 10.5 Å². The van der Waals surface area contributed by atoms with Crippen molar-refractivity contribution in [2.45, 2.75) is 17.7 Å². The molecule has 0 aromatic heterocycles. The summed E-state index contributed by atoms with van der Waals surface area (Å²) < 4.78 is 25.2. The molecular formula is C11H11ClN2O5S. The maximum atomic E-state index is 12.2. The van der Waals surface area contributed by atoms with Crippen LogP contribution in [0.3, 0.4) is 0 Å². The summed E-state index contributed by atoms with van der Waals surface area (Å²) in [5.74, 6) is -0.273. The van der Waals surface area contributed by atoms with E-state index >= 15 is 0 Å². The van der Waals surface area contributed by atoms with Gasteiger partial charge in [0.2, 0.25) is 0 Å². The van der Waals surface area contributed by atoms with Crippen LogP contribution in [0.1, 0.15) is 23.2 Å². The highest BCUT2D eigenvalue weighted by Gasteiger charge is 2.41. The Hall–Kier alpha value is -1.67. The Bertz CT molecular complexity index is 673. The van der Waals surface area contributed by atoms with Crippen molar-refractivity contribution in [2.24, 2.45) is 0 Å². The number of fused-ring (bicyclic) bond motifs is 1. The van der Waals surface area contributed by atoms with Crippen LogP contribution in [-0.2, 0) is 10.0 Å². The first-order chi connectivity index (χ1) is 9.39. The lowest BCUT2D eigenvalue weighted by molar-refractivity contribution is -0.385. The van der Waals surface area contributed by atoms with Gasteiger partial charge >= 0.3 is 0 Å². The predicted octanol–water partition coefficient (Wildman–Crippen LogP) is 1.76. The standard InChI is InChI=1S/C11H11ClN2O5S/c12-5-1-2-6-13-11(15)9-4-3-8(14(16)17)7-10(9)20(13,18)19/h3-4,7H,1-2,5-6H2. The number of nitrogens with zero attached hydrogens (tertiary/aromatic N) is 2. The second-order valence-electron chi connectivity index (χ2n) is 4.22. The lowest BCUT2D eigenvalue weighted by atomic mass is 10.2. The summed E-state index contributed by atoms with van der Waals surface area (Å²) in [5.41, 5.74) is -0.385. The number of nitro benzene ring substituents is 1. The molecule has 1 aromatic rings. The quantitative estimate of drug-likeness (QED) is 0.356. The molecule has 1 aliphatic rings. The number of unbranched alkanes of at least 4 members (excludes halogenated alkanes) is 1. The Morgan fingerprint density at radius 1 is 1.30 bits per heavy atom. The molecule has 20 heavy (non-hydrogen) atoms. The van der Waals surface area contributed by atoms with Crippen LogP contribution >= 0.6 is 11.6 Å². The summed E-state index contributed by atoms with van der Waals surface area (Å²) in [6, 6.07) is 3.22. The maximum absolute atomic E-state index is 12.2. The van der Waals surface area contributed by atoms with Crippen LogP contribution in [0.5, 0.6) is 0 Å². The van der Waals surface area contributed by atoms with Crippen molar-refractivity contribution in [3.63, 3.8) is 0 Å². The van der Waals surface area contributed by atoms with E-state index in [1.54, 1.807) is 0 Å². The molecule has 0 radical (unpaired) electrons. The maximum Gasteiger partial charge on any atom is 0.270 e. The van der Waals surface area contributed by atoms with Crippen LogP contribution in [-0.4, -0.2) is 36.0 Å². The topological polar surface area (TPSA) is 97.6 Å². The first kappa shape index (κ1) is 14.7. The summed E-state index contributed by atoms with van der Waals surface area (Å²) in [5, 5.41) is 10.7. The van der Waals surface area contributed by atoms with E-state index in [0.717, 1.165) is 16.4 Å². The van der Waals surface area contributed by atoms with E-state index in [4.69, 9.17) is 11.6 Å². The van der Waals surface area contributed by atoms with Gasteiger partial charge in [-0.2, -0.15) is 0 Å². The highest BCUT2D eigenvalue weighted by molar-refractivity contribution is 7.90. The predicted molar refractivity (Wildman–Crippen MR) is 71.3 cm³/mol. The van der Waals surface area contributed by atoms with E-state index in [9.17, 15) is 23.3 Å². The minimum Gasteiger partial charge on any atom is -0.268 e. The van der Waals surface area contributed by atoms with E-state index in [0.29, 0.717) is 18.7 Å². The number of carbonyl (C=O) groups is 1. The summed E-state index contributed by atoms with van der Waals surface area (Å²) in [6.45, 7) is 0.0242. The van der Waals surface area contributed by atoms with E-state index in [2.05, 4.69) is 0 Å². The number of rotatable bonds is 5. The Balaban J connectivity index is 2.40. The molecule has 0 saturated heterocycles. The fourth-order valence-electron chi connectivity index (χ4n) is 1.95. The van der Waals surface area contributed by atoms with E-state index in [1.165, 1.54) is 6.07 Å².